The van der Waals surface area contributed by atoms with E-state index in [0.29, 0.717) is 12.4 Å². The Balaban J connectivity index is 1.47. The Morgan fingerprint density at radius 3 is 3.05 bits per heavy atom. The number of para-hydroxylation sites is 1. The smallest absolute Gasteiger partial charge is 0.315 e. The summed E-state index contributed by atoms with van der Waals surface area (Å²) in [6, 6.07) is 7.48. The highest BCUT2D eigenvalue weighted by atomic mass is 16.5. The Bertz CT molecular complexity index is 644. The van der Waals surface area contributed by atoms with Crippen molar-refractivity contribution < 1.29 is 9.53 Å². The van der Waals surface area contributed by atoms with Crippen molar-refractivity contribution in [1.82, 2.24) is 25.4 Å². The molecule has 1 aromatic carbocycles. The van der Waals surface area contributed by atoms with Crippen LogP contribution in [-0.4, -0.2) is 33.4 Å². The summed E-state index contributed by atoms with van der Waals surface area (Å²) in [7, 11) is 1.84. The number of nitrogens with zero attached hydrogens (tertiary/aromatic N) is 3. The van der Waals surface area contributed by atoms with E-state index in [1.807, 2.05) is 38.2 Å². The molecule has 0 spiro atoms. The summed E-state index contributed by atoms with van der Waals surface area (Å²) in [5.41, 5.74) is 1.18. The van der Waals surface area contributed by atoms with Crippen LogP contribution >= 0.6 is 0 Å². The number of fused-ring (bicyclic) bond motifs is 1. The zero-order valence-electron chi connectivity index (χ0n) is 12.6. The number of nitrogens with one attached hydrogen (secondary N) is 2. The van der Waals surface area contributed by atoms with Crippen LogP contribution in [-0.2, 0) is 13.5 Å². The second-order valence-electron chi connectivity index (χ2n) is 5.43. The van der Waals surface area contributed by atoms with E-state index in [4.69, 9.17) is 4.74 Å². The summed E-state index contributed by atoms with van der Waals surface area (Å²) < 4.78 is 7.56. The van der Waals surface area contributed by atoms with Crippen LogP contribution in [0.2, 0.25) is 0 Å². The van der Waals surface area contributed by atoms with Crippen LogP contribution in [0.25, 0.3) is 0 Å². The molecule has 2 amide bonds. The maximum atomic E-state index is 12.0. The first-order valence-electron chi connectivity index (χ1n) is 7.26. The highest BCUT2D eigenvalue weighted by Crippen LogP contribution is 2.27. The normalized spacial score (nSPS) is 17.5. The van der Waals surface area contributed by atoms with Gasteiger partial charge in [-0.2, -0.15) is 0 Å². The molecule has 0 radical (unpaired) electrons. The largest absolute Gasteiger partial charge is 0.488 e. The van der Waals surface area contributed by atoms with Crippen molar-refractivity contribution in [3.05, 3.63) is 42.0 Å². The number of hydrogen-bond acceptors (Lipinski definition) is 4. The quantitative estimate of drug-likeness (QED) is 0.888. The lowest BCUT2D eigenvalue weighted by molar-refractivity contribution is 0.212. The van der Waals surface area contributed by atoms with E-state index in [2.05, 4.69) is 20.8 Å². The first kappa shape index (κ1) is 14.4. The predicted molar refractivity (Wildman–Crippen MR) is 80.5 cm³/mol. The van der Waals surface area contributed by atoms with Gasteiger partial charge in [-0.1, -0.05) is 18.2 Å². The summed E-state index contributed by atoms with van der Waals surface area (Å²) >= 11 is 0. The van der Waals surface area contributed by atoms with Crippen molar-refractivity contribution in [2.75, 3.05) is 6.54 Å². The molecule has 0 saturated carbocycles. The zero-order chi connectivity index (χ0) is 15.5. The SMILES string of the molecule is C[C@@H](NC(=O)NC[C@H]1Cc2ccccc2O1)c1nncn1C. The molecule has 0 unspecified atom stereocenters. The number of carbonyl (C=O) groups is 1. The molecular weight excluding hydrogens is 282 g/mol. The third kappa shape index (κ3) is 3.03. The number of urea groups is 1. The van der Waals surface area contributed by atoms with E-state index in [1.165, 1.54) is 5.56 Å². The van der Waals surface area contributed by atoms with Gasteiger partial charge in [0, 0.05) is 13.5 Å². The minimum absolute atomic E-state index is 0.0201. The van der Waals surface area contributed by atoms with Crippen molar-refractivity contribution in [3.8, 4) is 5.75 Å². The van der Waals surface area contributed by atoms with Crippen molar-refractivity contribution >= 4 is 6.03 Å². The Morgan fingerprint density at radius 1 is 1.50 bits per heavy atom. The standard InChI is InChI=1S/C15H19N5O2/c1-10(14-19-17-9-20(14)2)18-15(21)16-8-12-7-11-5-3-4-6-13(11)22-12/h3-6,9-10,12H,7-8H2,1-2H3,(H2,16,18,21)/t10-,12-/m1/s1. The summed E-state index contributed by atoms with van der Waals surface area (Å²) in [4.78, 5) is 12.0. The number of ether oxygens (including phenoxy) is 1. The molecule has 1 aliphatic rings. The molecule has 2 N–H and O–H groups in total. The van der Waals surface area contributed by atoms with E-state index in [0.717, 1.165) is 12.2 Å². The van der Waals surface area contributed by atoms with Crippen LogP contribution in [0.1, 0.15) is 24.4 Å². The lowest BCUT2D eigenvalue weighted by Crippen LogP contribution is -2.42. The highest BCUT2D eigenvalue weighted by molar-refractivity contribution is 5.74. The van der Waals surface area contributed by atoms with Gasteiger partial charge in [-0.05, 0) is 18.6 Å². The van der Waals surface area contributed by atoms with Gasteiger partial charge in [0.2, 0.25) is 0 Å². The lowest BCUT2D eigenvalue weighted by atomic mass is 10.1. The number of aromatic nitrogens is 3. The maximum absolute atomic E-state index is 12.0. The number of carbonyl (C=O) groups excluding carboxylic acids is 1. The zero-order valence-corrected chi connectivity index (χ0v) is 12.6. The van der Waals surface area contributed by atoms with Crippen LogP contribution in [0, 0.1) is 0 Å². The molecule has 7 nitrogen and oxygen atoms in total. The molecule has 1 aromatic heterocycles. The van der Waals surface area contributed by atoms with Crippen LogP contribution in [0.4, 0.5) is 4.79 Å². The van der Waals surface area contributed by atoms with Gasteiger partial charge >= 0.3 is 6.03 Å². The molecular formula is C15H19N5O2. The third-order valence-electron chi connectivity index (χ3n) is 3.69. The Hall–Kier alpha value is -2.57. The molecule has 0 saturated heterocycles. The van der Waals surface area contributed by atoms with Crippen molar-refractivity contribution in [1.29, 1.82) is 0 Å². The molecule has 0 bridgehead atoms. The Kier molecular flexibility index (Phi) is 3.95. The van der Waals surface area contributed by atoms with Crippen LogP contribution < -0.4 is 15.4 Å². The average molecular weight is 301 g/mol. The van der Waals surface area contributed by atoms with Gasteiger partial charge in [0.05, 0.1) is 12.6 Å². The fourth-order valence-electron chi connectivity index (χ4n) is 2.57. The molecule has 2 atom stereocenters. The maximum Gasteiger partial charge on any atom is 0.315 e. The number of amides is 2. The third-order valence-corrected chi connectivity index (χ3v) is 3.69. The van der Waals surface area contributed by atoms with Crippen molar-refractivity contribution in [2.45, 2.75) is 25.5 Å². The molecule has 2 aromatic rings. The average Bonchev–Trinajstić information content (AvgIpc) is 3.10. The predicted octanol–water partition coefficient (Wildman–Crippen LogP) is 1.18. The molecule has 0 aliphatic carbocycles. The van der Waals surface area contributed by atoms with Crippen LogP contribution in [0.3, 0.4) is 0 Å². The van der Waals surface area contributed by atoms with E-state index in [-0.39, 0.29) is 18.2 Å². The molecule has 1 aliphatic heterocycles. The highest BCUT2D eigenvalue weighted by Gasteiger charge is 2.23. The van der Waals surface area contributed by atoms with Gasteiger partial charge in [-0.25, -0.2) is 4.79 Å². The van der Waals surface area contributed by atoms with Gasteiger partial charge in [-0.15, -0.1) is 10.2 Å². The Labute approximate surface area is 128 Å². The second-order valence-corrected chi connectivity index (χ2v) is 5.43. The minimum atomic E-state index is -0.241. The van der Waals surface area contributed by atoms with E-state index >= 15 is 0 Å². The summed E-state index contributed by atoms with van der Waals surface area (Å²) in [6.45, 7) is 2.33. The van der Waals surface area contributed by atoms with E-state index in [9.17, 15) is 4.79 Å². The summed E-state index contributed by atoms with van der Waals surface area (Å²) in [5, 5.41) is 13.5. The van der Waals surface area contributed by atoms with Gasteiger partial charge < -0.3 is 19.9 Å². The number of rotatable bonds is 4. The lowest BCUT2D eigenvalue weighted by Gasteiger charge is -2.16. The molecule has 22 heavy (non-hydrogen) atoms. The summed E-state index contributed by atoms with van der Waals surface area (Å²) in [5.74, 6) is 1.61. The second kappa shape index (κ2) is 6.05. The number of aryl methyl sites for hydroxylation is 1. The first-order valence-corrected chi connectivity index (χ1v) is 7.26. The molecule has 0 fully saturated rings. The van der Waals surface area contributed by atoms with E-state index in [1.54, 1.807) is 10.9 Å². The number of hydrogen-bond donors (Lipinski definition) is 2. The molecule has 3 rings (SSSR count). The van der Waals surface area contributed by atoms with E-state index < -0.39 is 0 Å². The summed E-state index contributed by atoms with van der Waals surface area (Å²) in [6.07, 6.45) is 2.40. The Morgan fingerprint density at radius 2 is 2.32 bits per heavy atom. The van der Waals surface area contributed by atoms with Crippen LogP contribution in [0.5, 0.6) is 5.75 Å². The number of benzene rings is 1. The van der Waals surface area contributed by atoms with Gasteiger partial charge in [-0.3, -0.25) is 0 Å². The van der Waals surface area contributed by atoms with Gasteiger partial charge in [0.1, 0.15) is 18.2 Å². The fraction of sp³-hybridized carbons (Fsp3) is 0.400. The fourth-order valence-corrected chi connectivity index (χ4v) is 2.57. The first-order chi connectivity index (χ1) is 10.6. The van der Waals surface area contributed by atoms with Gasteiger partial charge in [0.15, 0.2) is 5.82 Å². The minimum Gasteiger partial charge on any atom is -0.488 e. The molecule has 116 valence electrons. The van der Waals surface area contributed by atoms with Gasteiger partial charge in [0.25, 0.3) is 0 Å². The molecule has 7 heteroatoms. The van der Waals surface area contributed by atoms with Crippen LogP contribution in [0.15, 0.2) is 30.6 Å². The monoisotopic (exact) mass is 301 g/mol. The van der Waals surface area contributed by atoms with Crippen molar-refractivity contribution in [3.63, 3.8) is 0 Å². The van der Waals surface area contributed by atoms with Crippen molar-refractivity contribution in [2.24, 2.45) is 7.05 Å². The topological polar surface area (TPSA) is 81.1 Å². The molecule has 2 heterocycles.